The van der Waals surface area contributed by atoms with Crippen LogP contribution in [0.25, 0.3) is 89.0 Å². The Balaban J connectivity index is 0.000000168. The molecule has 0 heterocycles. The molecule has 0 unspecified atom stereocenters. The molecule has 0 atom stereocenters. The van der Waals surface area contributed by atoms with Gasteiger partial charge in [-0.2, -0.15) is 13.2 Å². The van der Waals surface area contributed by atoms with Crippen molar-refractivity contribution in [2.24, 2.45) is 0 Å². The number of unbranched alkanes of at least 4 members (excludes halogenated alkanes) is 8. The lowest BCUT2D eigenvalue weighted by Crippen LogP contribution is -2.03. The van der Waals surface area contributed by atoms with Crippen LogP contribution in [0.1, 0.15) is 151 Å². The van der Waals surface area contributed by atoms with Crippen LogP contribution in [0, 0.1) is 58.2 Å². The van der Waals surface area contributed by atoms with E-state index >= 15 is 0 Å². The lowest BCUT2D eigenvalue weighted by molar-refractivity contribution is -0.137. The first-order valence-corrected chi connectivity index (χ1v) is 37.7. The van der Waals surface area contributed by atoms with Crippen molar-refractivity contribution in [3.05, 3.63) is 334 Å². The quantitative estimate of drug-likeness (QED) is 0.0288. The maximum atomic E-state index is 14.7. The summed E-state index contributed by atoms with van der Waals surface area (Å²) in [7, 11) is 0. The highest BCUT2D eigenvalue weighted by Gasteiger charge is 2.30. The van der Waals surface area contributed by atoms with Gasteiger partial charge in [0.15, 0.2) is 52.4 Å². The molecule has 13 heteroatoms. The first-order chi connectivity index (χ1) is 52.6. The first kappa shape index (κ1) is 82.8. The van der Waals surface area contributed by atoms with E-state index in [-0.39, 0.29) is 16.7 Å². The molecule has 0 amide bonds. The van der Waals surface area contributed by atoms with Crippen LogP contribution in [0.15, 0.2) is 243 Å². The van der Waals surface area contributed by atoms with Crippen LogP contribution in [0.4, 0.5) is 57.1 Å². The van der Waals surface area contributed by atoms with Crippen LogP contribution in [-0.2, 0) is 38.3 Å². The Morgan fingerprint density at radius 1 is 0.202 bits per heavy atom. The van der Waals surface area contributed by atoms with Crippen LogP contribution in [-0.4, -0.2) is 0 Å². The molecule has 109 heavy (non-hydrogen) atoms. The minimum atomic E-state index is -4.30. The summed E-state index contributed by atoms with van der Waals surface area (Å²) < 4.78 is 177. The molecule has 0 N–H and O–H groups in total. The minimum absolute atomic E-state index is 0.159. The third-order valence-electron chi connectivity index (χ3n) is 19.3. The van der Waals surface area contributed by atoms with Crippen molar-refractivity contribution < 1.29 is 57.1 Å². The van der Waals surface area contributed by atoms with E-state index < -0.39 is 69.9 Å². The number of rotatable bonds is 26. The molecule has 566 valence electrons. The number of benzene rings is 12. The second-order valence-corrected chi connectivity index (χ2v) is 27.4. The molecule has 0 fully saturated rings. The average Bonchev–Trinajstić information content (AvgIpc) is 0.800. The Hall–Kier alpha value is -10.3. The third kappa shape index (κ3) is 23.1. The van der Waals surface area contributed by atoms with Gasteiger partial charge in [0, 0.05) is 16.7 Å². The Bertz CT molecular complexity index is 4720. The number of hydrogen-bond donors (Lipinski definition) is 0. The molecule has 0 bridgehead atoms. The second-order valence-electron chi connectivity index (χ2n) is 27.4. The zero-order chi connectivity index (χ0) is 78.0. The molecule has 0 aliphatic carbocycles. The molecule has 0 aliphatic heterocycles. The van der Waals surface area contributed by atoms with Gasteiger partial charge in [-0.1, -0.05) is 293 Å². The van der Waals surface area contributed by atoms with Crippen LogP contribution in [0.5, 0.6) is 0 Å². The van der Waals surface area contributed by atoms with E-state index in [1.165, 1.54) is 79.5 Å². The topological polar surface area (TPSA) is 0 Å². The van der Waals surface area contributed by atoms with Crippen molar-refractivity contribution >= 4 is 0 Å². The van der Waals surface area contributed by atoms with Crippen molar-refractivity contribution in [2.75, 3.05) is 0 Å². The van der Waals surface area contributed by atoms with Gasteiger partial charge < -0.3 is 0 Å². The van der Waals surface area contributed by atoms with Crippen molar-refractivity contribution in [3.63, 3.8) is 0 Å². The molecule has 0 radical (unpaired) electrons. The Labute approximate surface area is 633 Å². The van der Waals surface area contributed by atoms with Gasteiger partial charge in [0.2, 0.25) is 0 Å². The summed E-state index contributed by atoms with van der Waals surface area (Å²) in [4.78, 5) is 0. The fraction of sp³-hybridized carbons (Fsp3) is 0.250. The molecule has 0 saturated heterocycles. The highest BCUT2D eigenvalue weighted by Crippen LogP contribution is 2.36. The molecule has 0 nitrogen and oxygen atoms in total. The number of hydrogen-bond acceptors (Lipinski definition) is 0. The van der Waals surface area contributed by atoms with E-state index in [1.54, 1.807) is 72.8 Å². The summed E-state index contributed by atoms with van der Waals surface area (Å²) in [6.07, 6.45) is 14.0. The summed E-state index contributed by atoms with van der Waals surface area (Å²) >= 11 is 0. The zero-order valence-corrected chi connectivity index (χ0v) is 62.2. The van der Waals surface area contributed by atoms with Gasteiger partial charge >= 0.3 is 6.18 Å². The van der Waals surface area contributed by atoms with Gasteiger partial charge in [-0.15, -0.1) is 0 Å². The molecule has 0 aliphatic rings. The second kappa shape index (κ2) is 40.8. The number of halogens is 13. The first-order valence-electron chi connectivity index (χ1n) is 37.7. The number of alkyl halides is 3. The minimum Gasteiger partial charge on any atom is -0.206 e. The van der Waals surface area contributed by atoms with E-state index in [0.717, 1.165) is 145 Å². The molecular weight excluding hydrogens is 1400 g/mol. The van der Waals surface area contributed by atoms with Crippen LogP contribution >= 0.6 is 0 Å². The van der Waals surface area contributed by atoms with Gasteiger partial charge in [0.05, 0.1) is 5.56 Å². The van der Waals surface area contributed by atoms with Crippen LogP contribution in [0.2, 0.25) is 0 Å². The Morgan fingerprint density at radius 2 is 0.495 bits per heavy atom. The van der Waals surface area contributed by atoms with E-state index in [2.05, 4.69) is 95.3 Å². The lowest BCUT2D eigenvalue weighted by atomic mass is 9.96. The normalized spacial score (nSPS) is 11.1. The van der Waals surface area contributed by atoms with Gasteiger partial charge in [-0.05, 0) is 200 Å². The van der Waals surface area contributed by atoms with Gasteiger partial charge in [0.25, 0.3) is 0 Å². The van der Waals surface area contributed by atoms with Crippen molar-refractivity contribution in [3.8, 4) is 89.0 Å². The van der Waals surface area contributed by atoms with Gasteiger partial charge in [-0.3, -0.25) is 0 Å². The molecule has 12 aromatic rings. The summed E-state index contributed by atoms with van der Waals surface area (Å²) in [6.45, 7) is 10.7. The third-order valence-corrected chi connectivity index (χ3v) is 19.3. The Kier molecular flexibility index (Phi) is 31.0. The summed E-state index contributed by atoms with van der Waals surface area (Å²) in [5, 5.41) is 0. The van der Waals surface area contributed by atoms with Crippen LogP contribution < -0.4 is 0 Å². The van der Waals surface area contributed by atoms with Crippen molar-refractivity contribution in [2.45, 2.75) is 156 Å². The summed E-state index contributed by atoms with van der Waals surface area (Å²) in [6, 6.07) is 68.8. The van der Waals surface area contributed by atoms with E-state index in [1.807, 2.05) is 48.5 Å². The smallest absolute Gasteiger partial charge is 0.206 e. The fourth-order valence-electron chi connectivity index (χ4n) is 12.9. The zero-order valence-electron chi connectivity index (χ0n) is 62.2. The predicted molar refractivity (Wildman–Crippen MR) is 421 cm³/mol. The van der Waals surface area contributed by atoms with E-state index in [4.69, 9.17) is 0 Å². The molecule has 0 saturated carbocycles. The lowest BCUT2D eigenvalue weighted by Gasteiger charge is -2.11. The van der Waals surface area contributed by atoms with Crippen LogP contribution in [0.3, 0.4) is 0 Å². The van der Waals surface area contributed by atoms with E-state index in [9.17, 15) is 57.1 Å². The molecule has 0 spiro atoms. The molecular formula is C96H91F13. The maximum Gasteiger partial charge on any atom is 0.416 e. The molecule has 12 aromatic carbocycles. The SMILES string of the molecule is CCCCCc1ccc(-c2ccc(-c3ccc(C(F)(F)F)cc3)cc2)cc1.CCCCCc1ccc(-c2ccc(-c3ccc(CCCCC)c(F)c3F)cc2)c(F)c1F.CCCCCc1ccc(-c2ccc(-c3ccc(F)c(F)c3)c(F)c2)cc1.CCCc1ccc(-c2ccc(-c3cc(F)c(F)c(F)c3)cc2)cc1. The summed E-state index contributed by atoms with van der Waals surface area (Å²) in [5.74, 6) is -9.55. The molecule has 0 aromatic heterocycles. The average molecular weight is 1490 g/mol. The maximum absolute atomic E-state index is 14.7. The highest BCUT2D eigenvalue weighted by atomic mass is 19.4. The van der Waals surface area contributed by atoms with Gasteiger partial charge in [-0.25, -0.2) is 43.9 Å². The van der Waals surface area contributed by atoms with Crippen molar-refractivity contribution in [1.29, 1.82) is 0 Å². The van der Waals surface area contributed by atoms with E-state index in [0.29, 0.717) is 51.8 Å². The van der Waals surface area contributed by atoms with Gasteiger partial charge in [0.1, 0.15) is 5.82 Å². The standard InChI is InChI=1S/C28H30F4.C24H23F3.C23H21F3.C21H17F3/c1-3-5-7-9-21-15-17-23(27(31)25(21)29)19-11-13-20(14-12-19)24-18-16-22(10-8-6-4-2)26(30)28(24)32;1-2-3-4-5-18-6-8-19(9-7-18)20-10-12-21(13-11-20)22-14-16-23(17-15-22)24(25,26)27;1-2-3-4-5-16-6-8-17(9-7-16)18-10-12-20(22(25)14-18)19-11-13-21(24)23(26)15-19;1-2-3-14-4-6-15(7-5-14)16-8-10-17(11-9-16)18-12-19(22)21(24)20(23)13-18/h11-18H,3-10H2,1-2H3;6-17H,2-5H2,1H3;6-15H,2-5H2,1H3;4-13H,2-3H2,1H3. The number of aryl methyl sites for hydroxylation is 5. The monoisotopic (exact) mass is 1490 g/mol. The Morgan fingerprint density at radius 3 is 0.853 bits per heavy atom. The fourth-order valence-corrected chi connectivity index (χ4v) is 12.9. The highest BCUT2D eigenvalue weighted by molar-refractivity contribution is 5.75. The molecule has 12 rings (SSSR count). The largest absolute Gasteiger partial charge is 0.416 e. The predicted octanol–water partition coefficient (Wildman–Crippen LogP) is 30.4. The van der Waals surface area contributed by atoms with Crippen molar-refractivity contribution in [1.82, 2.24) is 0 Å². The summed E-state index contributed by atoms with van der Waals surface area (Å²) in [5.41, 5.74) is 14.6.